The molecule has 18 heavy (non-hydrogen) atoms. The lowest BCUT2D eigenvalue weighted by molar-refractivity contribution is 0.0953. The Balaban J connectivity index is 1.87. The predicted molar refractivity (Wildman–Crippen MR) is 73.7 cm³/mol. The molecule has 0 unspecified atom stereocenters. The maximum atomic E-state index is 11.9. The van der Waals surface area contributed by atoms with Gasteiger partial charge in [-0.3, -0.25) is 4.79 Å². The fraction of sp³-hybridized carbons (Fsp3) is 0.231. The van der Waals surface area contributed by atoms with Gasteiger partial charge in [-0.15, -0.1) is 11.3 Å². The van der Waals surface area contributed by atoms with Crippen LogP contribution in [0, 0.1) is 6.92 Å². The molecule has 0 fully saturated rings. The van der Waals surface area contributed by atoms with Crippen LogP contribution in [0.15, 0.2) is 29.6 Å². The molecule has 3 N–H and O–H groups in total. The van der Waals surface area contributed by atoms with Gasteiger partial charge < -0.3 is 11.1 Å². The molecule has 1 amide bonds. The first-order valence-corrected chi connectivity index (χ1v) is 6.58. The normalized spacial score (nSPS) is 10.3. The Morgan fingerprint density at radius 2 is 2.22 bits per heavy atom. The van der Waals surface area contributed by atoms with Crippen molar-refractivity contribution in [3.63, 3.8) is 0 Å². The van der Waals surface area contributed by atoms with Crippen LogP contribution in [0.5, 0.6) is 0 Å². The number of carbonyl (C=O) groups is 1. The Morgan fingerprint density at radius 3 is 2.89 bits per heavy atom. The van der Waals surface area contributed by atoms with Crippen molar-refractivity contribution in [2.75, 3.05) is 12.3 Å². The van der Waals surface area contributed by atoms with E-state index in [0.717, 1.165) is 16.8 Å². The minimum atomic E-state index is -0.0451. The molecule has 2 rings (SSSR count). The van der Waals surface area contributed by atoms with E-state index >= 15 is 0 Å². The second kappa shape index (κ2) is 5.64. The summed E-state index contributed by atoms with van der Waals surface area (Å²) in [6.07, 6.45) is 0.700. The third-order valence-corrected chi connectivity index (χ3v) is 3.35. The number of nitrogen functional groups attached to an aromatic ring is 1. The molecule has 0 saturated carbocycles. The molecule has 1 aromatic heterocycles. The maximum absolute atomic E-state index is 11.9. The number of aryl methyl sites for hydroxylation is 1. The highest BCUT2D eigenvalue weighted by Crippen LogP contribution is 2.11. The first-order chi connectivity index (χ1) is 8.66. The zero-order chi connectivity index (χ0) is 13.0. The van der Waals surface area contributed by atoms with Crippen LogP contribution in [0.4, 0.5) is 5.13 Å². The SMILES string of the molecule is Cc1ccccc1C(=O)NCCc1csc(N)n1. The molecule has 5 heteroatoms. The highest BCUT2D eigenvalue weighted by molar-refractivity contribution is 7.13. The van der Waals surface area contributed by atoms with E-state index in [9.17, 15) is 4.79 Å². The van der Waals surface area contributed by atoms with E-state index in [1.165, 1.54) is 11.3 Å². The van der Waals surface area contributed by atoms with Crippen LogP contribution in [0.25, 0.3) is 0 Å². The summed E-state index contributed by atoms with van der Waals surface area (Å²) in [5.41, 5.74) is 8.16. The van der Waals surface area contributed by atoms with Crippen LogP contribution in [0.1, 0.15) is 21.6 Å². The number of carbonyl (C=O) groups excluding carboxylic acids is 1. The minimum Gasteiger partial charge on any atom is -0.375 e. The van der Waals surface area contributed by atoms with Crippen LogP contribution >= 0.6 is 11.3 Å². The molecule has 94 valence electrons. The van der Waals surface area contributed by atoms with Crippen molar-refractivity contribution in [3.8, 4) is 0 Å². The van der Waals surface area contributed by atoms with Gasteiger partial charge in [0.2, 0.25) is 0 Å². The summed E-state index contributed by atoms with van der Waals surface area (Å²) in [6, 6.07) is 7.54. The van der Waals surface area contributed by atoms with E-state index < -0.39 is 0 Å². The Hall–Kier alpha value is -1.88. The summed E-state index contributed by atoms with van der Waals surface area (Å²) in [6.45, 7) is 2.49. The topological polar surface area (TPSA) is 68.0 Å². The number of amides is 1. The summed E-state index contributed by atoms with van der Waals surface area (Å²) < 4.78 is 0. The molecule has 0 atom stereocenters. The molecule has 0 aliphatic carbocycles. The Labute approximate surface area is 110 Å². The summed E-state index contributed by atoms with van der Waals surface area (Å²) in [5.74, 6) is -0.0451. The van der Waals surface area contributed by atoms with E-state index in [4.69, 9.17) is 5.73 Å². The van der Waals surface area contributed by atoms with Crippen molar-refractivity contribution in [2.45, 2.75) is 13.3 Å². The predicted octanol–water partition coefficient (Wildman–Crippen LogP) is 2.01. The van der Waals surface area contributed by atoms with E-state index in [2.05, 4.69) is 10.3 Å². The van der Waals surface area contributed by atoms with Gasteiger partial charge in [0.1, 0.15) is 0 Å². The van der Waals surface area contributed by atoms with E-state index in [1.807, 2.05) is 36.6 Å². The molecule has 0 bridgehead atoms. The average Bonchev–Trinajstić information content (AvgIpc) is 2.75. The third-order valence-electron chi connectivity index (χ3n) is 2.63. The molecular weight excluding hydrogens is 246 g/mol. The first-order valence-electron chi connectivity index (χ1n) is 5.70. The molecule has 0 aliphatic rings. The Kier molecular flexibility index (Phi) is 3.94. The van der Waals surface area contributed by atoms with Gasteiger partial charge >= 0.3 is 0 Å². The first kappa shape index (κ1) is 12.6. The lowest BCUT2D eigenvalue weighted by atomic mass is 10.1. The summed E-state index contributed by atoms with van der Waals surface area (Å²) >= 11 is 1.42. The number of rotatable bonds is 4. The number of nitrogens with two attached hydrogens (primary N) is 1. The number of hydrogen-bond acceptors (Lipinski definition) is 4. The van der Waals surface area contributed by atoms with Gasteiger partial charge in [0.15, 0.2) is 5.13 Å². The number of benzene rings is 1. The van der Waals surface area contributed by atoms with Gasteiger partial charge in [0.05, 0.1) is 5.69 Å². The van der Waals surface area contributed by atoms with Crippen LogP contribution in [-0.4, -0.2) is 17.4 Å². The van der Waals surface area contributed by atoms with Crippen molar-refractivity contribution in [2.24, 2.45) is 0 Å². The molecule has 0 spiro atoms. The van der Waals surface area contributed by atoms with Crippen molar-refractivity contribution in [1.29, 1.82) is 0 Å². The number of nitrogens with one attached hydrogen (secondary N) is 1. The minimum absolute atomic E-state index is 0.0451. The van der Waals surface area contributed by atoms with Gasteiger partial charge in [-0.1, -0.05) is 18.2 Å². The summed E-state index contributed by atoms with van der Waals surface area (Å²) in [5, 5.41) is 5.36. The van der Waals surface area contributed by atoms with Gasteiger partial charge in [0.25, 0.3) is 5.91 Å². The van der Waals surface area contributed by atoms with Gasteiger partial charge in [-0.2, -0.15) is 0 Å². The zero-order valence-electron chi connectivity index (χ0n) is 10.1. The van der Waals surface area contributed by atoms with Crippen molar-refractivity contribution in [3.05, 3.63) is 46.5 Å². The molecule has 0 saturated heterocycles. The van der Waals surface area contributed by atoms with Crippen LogP contribution in [0.2, 0.25) is 0 Å². The number of nitrogens with zero attached hydrogens (tertiary/aromatic N) is 1. The quantitative estimate of drug-likeness (QED) is 0.884. The Morgan fingerprint density at radius 1 is 1.44 bits per heavy atom. The van der Waals surface area contributed by atoms with E-state index in [1.54, 1.807) is 0 Å². The van der Waals surface area contributed by atoms with Gasteiger partial charge in [0, 0.05) is 23.9 Å². The van der Waals surface area contributed by atoms with Crippen molar-refractivity contribution in [1.82, 2.24) is 10.3 Å². The van der Waals surface area contributed by atoms with E-state index in [-0.39, 0.29) is 5.91 Å². The fourth-order valence-corrected chi connectivity index (χ4v) is 2.26. The third kappa shape index (κ3) is 3.07. The molecule has 0 aliphatic heterocycles. The second-order valence-electron chi connectivity index (χ2n) is 4.00. The zero-order valence-corrected chi connectivity index (χ0v) is 11.0. The second-order valence-corrected chi connectivity index (χ2v) is 4.89. The van der Waals surface area contributed by atoms with Crippen LogP contribution in [0.3, 0.4) is 0 Å². The lowest BCUT2D eigenvalue weighted by Crippen LogP contribution is -2.26. The van der Waals surface area contributed by atoms with Crippen LogP contribution < -0.4 is 11.1 Å². The summed E-state index contributed by atoms with van der Waals surface area (Å²) in [7, 11) is 0. The molecular formula is C13H15N3OS. The highest BCUT2D eigenvalue weighted by Gasteiger charge is 2.07. The monoisotopic (exact) mass is 261 g/mol. The number of hydrogen-bond donors (Lipinski definition) is 2. The molecule has 1 aromatic carbocycles. The van der Waals surface area contributed by atoms with Gasteiger partial charge in [-0.05, 0) is 18.6 Å². The maximum Gasteiger partial charge on any atom is 0.251 e. The standard InChI is InChI=1S/C13H15N3OS/c1-9-4-2-3-5-11(9)12(17)15-7-6-10-8-18-13(14)16-10/h2-5,8H,6-7H2,1H3,(H2,14,16)(H,15,17). The van der Waals surface area contributed by atoms with Crippen molar-refractivity contribution >= 4 is 22.4 Å². The van der Waals surface area contributed by atoms with Crippen LogP contribution in [-0.2, 0) is 6.42 Å². The number of anilines is 1. The molecule has 0 radical (unpaired) electrons. The Bertz CT molecular complexity index is 551. The highest BCUT2D eigenvalue weighted by atomic mass is 32.1. The number of thiazole rings is 1. The molecule has 2 aromatic rings. The molecule has 4 nitrogen and oxygen atoms in total. The largest absolute Gasteiger partial charge is 0.375 e. The number of aromatic nitrogens is 1. The van der Waals surface area contributed by atoms with Crippen molar-refractivity contribution < 1.29 is 4.79 Å². The smallest absolute Gasteiger partial charge is 0.251 e. The summed E-state index contributed by atoms with van der Waals surface area (Å²) in [4.78, 5) is 16.1. The fourth-order valence-electron chi connectivity index (χ4n) is 1.66. The van der Waals surface area contributed by atoms with E-state index in [0.29, 0.717) is 18.1 Å². The van der Waals surface area contributed by atoms with Gasteiger partial charge in [-0.25, -0.2) is 4.98 Å². The molecule has 1 heterocycles. The lowest BCUT2D eigenvalue weighted by Gasteiger charge is -2.06. The average molecular weight is 261 g/mol.